The van der Waals surface area contributed by atoms with E-state index in [0.717, 1.165) is 18.5 Å². The Kier molecular flexibility index (Phi) is 5.68. The van der Waals surface area contributed by atoms with E-state index in [4.69, 9.17) is 9.72 Å². The van der Waals surface area contributed by atoms with Crippen LogP contribution in [-0.4, -0.2) is 33.2 Å². The van der Waals surface area contributed by atoms with E-state index < -0.39 is 6.36 Å². The number of methoxy groups -OCH3 is 1. The van der Waals surface area contributed by atoms with Gasteiger partial charge in [-0.25, -0.2) is 9.67 Å². The number of aryl methyl sites for hydroxylation is 2. The van der Waals surface area contributed by atoms with Crippen LogP contribution in [0.15, 0.2) is 18.2 Å². The third kappa shape index (κ3) is 4.13. The van der Waals surface area contributed by atoms with Crippen LogP contribution in [0.5, 0.6) is 11.6 Å². The van der Waals surface area contributed by atoms with Gasteiger partial charge in [-0.3, -0.25) is 0 Å². The van der Waals surface area contributed by atoms with Gasteiger partial charge < -0.3 is 9.47 Å². The Morgan fingerprint density at radius 3 is 2.34 bits per heavy atom. The summed E-state index contributed by atoms with van der Waals surface area (Å²) in [7, 11) is 1.49. The van der Waals surface area contributed by atoms with E-state index in [1.54, 1.807) is 6.92 Å². The van der Waals surface area contributed by atoms with E-state index >= 15 is 0 Å². The van der Waals surface area contributed by atoms with Crippen LogP contribution < -0.4 is 9.47 Å². The second-order valence-electron chi connectivity index (χ2n) is 6.78. The molecule has 0 aliphatic rings. The molecular formula is C20H23F3N4O2. The highest BCUT2D eigenvalue weighted by Crippen LogP contribution is 2.35. The number of rotatable bonds is 6. The van der Waals surface area contributed by atoms with Gasteiger partial charge >= 0.3 is 6.36 Å². The molecule has 156 valence electrons. The molecule has 0 spiro atoms. The van der Waals surface area contributed by atoms with Crippen molar-refractivity contribution in [3.63, 3.8) is 0 Å². The summed E-state index contributed by atoms with van der Waals surface area (Å²) in [6.45, 7) is 7.72. The molecular weight excluding hydrogens is 385 g/mol. The van der Waals surface area contributed by atoms with Crippen LogP contribution in [0.4, 0.5) is 13.2 Å². The highest BCUT2D eigenvalue weighted by molar-refractivity contribution is 5.80. The monoisotopic (exact) mass is 408 g/mol. The van der Waals surface area contributed by atoms with E-state index in [2.05, 4.69) is 28.7 Å². The molecule has 0 aliphatic carbocycles. The van der Waals surface area contributed by atoms with Gasteiger partial charge in [-0.05, 0) is 50.5 Å². The van der Waals surface area contributed by atoms with E-state index in [1.807, 2.05) is 11.6 Å². The topological polar surface area (TPSA) is 62.1 Å². The van der Waals surface area contributed by atoms with Crippen molar-refractivity contribution in [2.75, 3.05) is 7.11 Å². The molecule has 0 saturated carbocycles. The van der Waals surface area contributed by atoms with Gasteiger partial charge in [0.1, 0.15) is 17.0 Å². The maximum absolute atomic E-state index is 12.5. The van der Waals surface area contributed by atoms with Gasteiger partial charge in [-0.15, -0.1) is 13.2 Å². The number of hydrogen-bond acceptors (Lipinski definition) is 5. The predicted molar refractivity (Wildman–Crippen MR) is 103 cm³/mol. The van der Waals surface area contributed by atoms with Crippen molar-refractivity contribution >= 4 is 11.2 Å². The predicted octanol–water partition coefficient (Wildman–Crippen LogP) is 5.38. The fourth-order valence-corrected chi connectivity index (χ4v) is 3.38. The second-order valence-corrected chi connectivity index (χ2v) is 6.78. The molecule has 0 bridgehead atoms. The minimum absolute atomic E-state index is 0.191. The zero-order chi connectivity index (χ0) is 21.3. The van der Waals surface area contributed by atoms with E-state index in [0.29, 0.717) is 28.0 Å². The first-order chi connectivity index (χ1) is 13.7. The van der Waals surface area contributed by atoms with Crippen LogP contribution in [-0.2, 0) is 0 Å². The quantitative estimate of drug-likeness (QED) is 0.548. The Hall–Kier alpha value is -2.84. The lowest BCUT2D eigenvalue weighted by Crippen LogP contribution is -2.17. The summed E-state index contributed by atoms with van der Waals surface area (Å²) in [6, 6.07) is 4.28. The van der Waals surface area contributed by atoms with Crippen molar-refractivity contribution in [2.24, 2.45) is 0 Å². The Morgan fingerprint density at radius 1 is 1.10 bits per heavy atom. The first-order valence-corrected chi connectivity index (χ1v) is 9.36. The fourth-order valence-electron chi connectivity index (χ4n) is 3.38. The number of ether oxygens (including phenoxy) is 2. The molecule has 3 aromatic rings. The van der Waals surface area contributed by atoms with Gasteiger partial charge in [0.2, 0.25) is 5.88 Å². The van der Waals surface area contributed by atoms with Gasteiger partial charge in [-0.1, -0.05) is 13.8 Å². The Labute approximate surface area is 166 Å². The highest BCUT2D eigenvalue weighted by atomic mass is 19.4. The van der Waals surface area contributed by atoms with Gasteiger partial charge in [0.15, 0.2) is 5.65 Å². The number of aromatic nitrogens is 4. The van der Waals surface area contributed by atoms with Crippen molar-refractivity contribution < 1.29 is 22.6 Å². The van der Waals surface area contributed by atoms with Crippen molar-refractivity contribution in [3.8, 4) is 22.9 Å². The lowest BCUT2D eigenvalue weighted by atomic mass is 10.1. The van der Waals surface area contributed by atoms with E-state index in [9.17, 15) is 13.2 Å². The van der Waals surface area contributed by atoms with Gasteiger partial charge in [-0.2, -0.15) is 10.1 Å². The average Bonchev–Trinajstić information content (AvgIpc) is 2.96. The average molecular weight is 408 g/mol. The highest BCUT2D eigenvalue weighted by Gasteiger charge is 2.31. The molecule has 0 atom stereocenters. The third-order valence-corrected chi connectivity index (χ3v) is 4.83. The van der Waals surface area contributed by atoms with Crippen molar-refractivity contribution in [1.29, 1.82) is 0 Å². The normalized spacial score (nSPS) is 12.0. The molecule has 0 fully saturated rings. The summed E-state index contributed by atoms with van der Waals surface area (Å²) >= 11 is 0. The number of halogens is 3. The molecule has 0 N–H and O–H groups in total. The number of benzene rings is 1. The first-order valence-electron chi connectivity index (χ1n) is 9.36. The van der Waals surface area contributed by atoms with Crippen molar-refractivity contribution in [1.82, 2.24) is 19.7 Å². The molecule has 3 rings (SSSR count). The number of nitrogens with zero attached hydrogens (tertiary/aromatic N) is 4. The molecule has 9 heteroatoms. The van der Waals surface area contributed by atoms with Crippen molar-refractivity contribution in [2.45, 2.75) is 52.9 Å². The minimum Gasteiger partial charge on any atom is -0.479 e. The molecule has 2 heterocycles. The van der Waals surface area contributed by atoms with Crippen LogP contribution in [0.3, 0.4) is 0 Å². The van der Waals surface area contributed by atoms with Gasteiger partial charge in [0, 0.05) is 5.56 Å². The standard InChI is InChI=1S/C20H23F3N4O2/c1-6-13(7-2)27-18-16(12(4)26-27)24-17(19(25-18)28-5)15-9-8-14(10-11(15)3)29-20(21,22)23/h8-10,13H,6-7H2,1-5H3. The minimum atomic E-state index is -4.74. The summed E-state index contributed by atoms with van der Waals surface area (Å²) in [5, 5.41) is 4.61. The molecule has 2 aromatic heterocycles. The lowest BCUT2D eigenvalue weighted by Gasteiger charge is -2.15. The molecule has 29 heavy (non-hydrogen) atoms. The smallest absolute Gasteiger partial charge is 0.479 e. The molecule has 0 amide bonds. The number of fused-ring (bicyclic) bond motifs is 1. The van der Waals surface area contributed by atoms with E-state index in [1.165, 1.54) is 25.3 Å². The molecule has 0 saturated heterocycles. The van der Waals surface area contributed by atoms with Gasteiger partial charge in [0.05, 0.1) is 18.8 Å². The summed E-state index contributed by atoms with van der Waals surface area (Å²) in [5.74, 6) is 0.00156. The largest absolute Gasteiger partial charge is 0.573 e. The van der Waals surface area contributed by atoms with Gasteiger partial charge in [0.25, 0.3) is 0 Å². The SMILES string of the molecule is CCC(CC)n1nc(C)c2nc(-c3ccc(OC(F)(F)F)cc3C)c(OC)nc21. The first kappa shape index (κ1) is 20.9. The van der Waals surface area contributed by atoms with Crippen LogP contribution in [0.25, 0.3) is 22.4 Å². The van der Waals surface area contributed by atoms with Crippen LogP contribution in [0.2, 0.25) is 0 Å². The Bertz CT molecular complexity index is 1030. The molecule has 1 aromatic carbocycles. The summed E-state index contributed by atoms with van der Waals surface area (Å²) in [5.41, 5.74) is 3.62. The van der Waals surface area contributed by atoms with E-state index in [-0.39, 0.29) is 17.7 Å². The Morgan fingerprint density at radius 2 is 1.79 bits per heavy atom. The van der Waals surface area contributed by atoms with Crippen LogP contribution in [0.1, 0.15) is 44.0 Å². The van der Waals surface area contributed by atoms with Crippen molar-refractivity contribution in [3.05, 3.63) is 29.5 Å². The lowest BCUT2D eigenvalue weighted by molar-refractivity contribution is -0.274. The summed E-state index contributed by atoms with van der Waals surface area (Å²) < 4.78 is 48.8. The zero-order valence-electron chi connectivity index (χ0n) is 17.0. The zero-order valence-corrected chi connectivity index (χ0v) is 17.0. The molecule has 0 unspecified atom stereocenters. The maximum Gasteiger partial charge on any atom is 0.573 e. The van der Waals surface area contributed by atoms with Crippen LogP contribution >= 0.6 is 0 Å². The Balaban J connectivity index is 2.14. The maximum atomic E-state index is 12.5. The summed E-state index contributed by atoms with van der Waals surface area (Å²) in [4.78, 5) is 9.35. The fraction of sp³-hybridized carbons (Fsp3) is 0.450. The third-order valence-electron chi connectivity index (χ3n) is 4.83. The number of alkyl halides is 3. The molecule has 6 nitrogen and oxygen atoms in total. The number of hydrogen-bond donors (Lipinski definition) is 0. The summed E-state index contributed by atoms with van der Waals surface area (Å²) in [6.07, 6.45) is -2.94. The second kappa shape index (κ2) is 7.88. The molecule has 0 radical (unpaired) electrons. The molecule has 0 aliphatic heterocycles. The van der Waals surface area contributed by atoms with Crippen LogP contribution in [0, 0.1) is 13.8 Å².